The summed E-state index contributed by atoms with van der Waals surface area (Å²) in [5, 5.41) is 11.9. The SMILES string of the molecule is CNC(=NC(=N)c1ccc(N(c2ccc3c(c2)C(C)(C)c2ccccc2-3)c2c(F)c(F)c(C)c(F)c2F)cc1)c1ccc(N(c2ccc3c(c2)C(C)(C)c2ccccc2-3)c2c(F)c(F)c(C(F)(F)F)c(F)c2F)cc1. The van der Waals surface area contributed by atoms with Gasteiger partial charge in [-0.3, -0.25) is 5.41 Å². The topological polar surface area (TPSA) is 54.7 Å². The van der Waals surface area contributed by atoms with Gasteiger partial charge in [0.1, 0.15) is 22.8 Å². The number of nitrogens with zero attached hydrogens (tertiary/aromatic N) is 3. The van der Waals surface area contributed by atoms with Gasteiger partial charge in [-0.05, 0) is 124 Å². The Kier molecular flexibility index (Phi) is 12.1. The minimum Gasteiger partial charge on any atom is -0.373 e. The molecule has 0 saturated carbocycles. The van der Waals surface area contributed by atoms with Crippen LogP contribution in [0.25, 0.3) is 22.3 Å². The summed E-state index contributed by atoms with van der Waals surface area (Å²) in [6.45, 7) is 8.73. The van der Waals surface area contributed by atoms with Crippen molar-refractivity contribution in [3.05, 3.63) is 225 Å². The summed E-state index contributed by atoms with van der Waals surface area (Å²) < 4.78 is 167. The zero-order chi connectivity index (χ0) is 53.8. The highest BCUT2D eigenvalue weighted by Crippen LogP contribution is 2.53. The molecule has 380 valence electrons. The van der Waals surface area contributed by atoms with Gasteiger partial charge in [0.25, 0.3) is 0 Å². The van der Waals surface area contributed by atoms with Gasteiger partial charge in [0, 0.05) is 57.3 Å². The fourth-order valence-corrected chi connectivity index (χ4v) is 10.4. The van der Waals surface area contributed by atoms with Crippen molar-refractivity contribution in [2.75, 3.05) is 16.8 Å². The van der Waals surface area contributed by atoms with Crippen LogP contribution in [0.4, 0.5) is 82.4 Å². The molecule has 2 aliphatic rings. The summed E-state index contributed by atoms with van der Waals surface area (Å²) in [6, 6.07) is 35.9. The summed E-state index contributed by atoms with van der Waals surface area (Å²) in [7, 11) is 1.48. The Hall–Kier alpha value is -8.27. The first-order valence-corrected chi connectivity index (χ1v) is 23.4. The van der Waals surface area contributed by atoms with E-state index in [1.165, 1.54) is 61.6 Å². The number of nitrogens with one attached hydrogen (secondary N) is 2. The minimum absolute atomic E-state index is 0.0428. The molecule has 0 aromatic heterocycles. The smallest absolute Gasteiger partial charge is 0.373 e. The maximum atomic E-state index is 16.1. The predicted molar refractivity (Wildman–Crippen MR) is 269 cm³/mol. The van der Waals surface area contributed by atoms with Crippen molar-refractivity contribution in [1.29, 1.82) is 5.41 Å². The van der Waals surface area contributed by atoms with E-state index in [2.05, 4.69) is 10.3 Å². The Morgan fingerprint density at radius 3 is 1.23 bits per heavy atom. The largest absolute Gasteiger partial charge is 0.422 e. The number of benzene rings is 8. The maximum absolute atomic E-state index is 16.1. The van der Waals surface area contributed by atoms with Crippen LogP contribution in [0.15, 0.2) is 138 Å². The minimum atomic E-state index is -5.78. The number of hydrogen-bond donors (Lipinski definition) is 2. The van der Waals surface area contributed by atoms with Gasteiger partial charge in [-0.25, -0.2) is 40.1 Å². The first kappa shape index (κ1) is 50.3. The zero-order valence-corrected chi connectivity index (χ0v) is 40.7. The lowest BCUT2D eigenvalue weighted by Gasteiger charge is -2.29. The molecule has 0 atom stereocenters. The van der Waals surface area contributed by atoms with Crippen LogP contribution in [-0.4, -0.2) is 18.7 Å². The lowest BCUT2D eigenvalue weighted by molar-refractivity contribution is -0.143. The molecule has 75 heavy (non-hydrogen) atoms. The van der Waals surface area contributed by atoms with E-state index in [-0.39, 0.29) is 45.5 Å². The molecule has 8 aromatic carbocycles. The highest BCUT2D eigenvalue weighted by Gasteiger charge is 2.44. The van der Waals surface area contributed by atoms with Crippen molar-refractivity contribution >= 4 is 45.8 Å². The Morgan fingerprint density at radius 2 is 0.827 bits per heavy atom. The number of hydrogen-bond acceptors (Lipinski definition) is 3. The van der Waals surface area contributed by atoms with Crippen molar-refractivity contribution in [2.24, 2.45) is 4.99 Å². The van der Waals surface area contributed by atoms with Crippen molar-refractivity contribution < 1.29 is 48.3 Å². The summed E-state index contributed by atoms with van der Waals surface area (Å²) in [5.41, 5.74) is 0.116. The lowest BCUT2D eigenvalue weighted by Crippen LogP contribution is -2.23. The number of amidine groups is 2. The number of aliphatic imine (C=N–C) groups is 1. The molecule has 10 rings (SSSR count). The third-order valence-corrected chi connectivity index (χ3v) is 14.3. The molecule has 8 aromatic rings. The molecular weight excluding hydrogens is 988 g/mol. The fraction of sp³-hybridized carbons (Fsp3) is 0.153. The van der Waals surface area contributed by atoms with Crippen molar-refractivity contribution in [1.82, 2.24) is 5.32 Å². The molecule has 0 radical (unpaired) electrons. The van der Waals surface area contributed by atoms with Crippen LogP contribution < -0.4 is 15.1 Å². The Labute approximate surface area is 423 Å². The van der Waals surface area contributed by atoms with Crippen LogP contribution in [0.1, 0.15) is 72.2 Å². The van der Waals surface area contributed by atoms with E-state index < -0.39 is 86.0 Å². The van der Waals surface area contributed by atoms with Gasteiger partial charge in [0.15, 0.2) is 52.4 Å². The average molecular weight is 1030 g/mol. The van der Waals surface area contributed by atoms with E-state index in [4.69, 9.17) is 5.41 Å². The molecule has 2 aliphatic carbocycles. The van der Waals surface area contributed by atoms with E-state index in [1.807, 2.05) is 76.2 Å². The average Bonchev–Trinajstić information content (AvgIpc) is 3.79. The van der Waals surface area contributed by atoms with Gasteiger partial charge in [-0.2, -0.15) is 13.2 Å². The highest BCUT2D eigenvalue weighted by atomic mass is 19.4. The molecule has 0 heterocycles. The summed E-state index contributed by atoms with van der Waals surface area (Å²) in [4.78, 5) is 6.27. The predicted octanol–water partition coefficient (Wildman–Crippen LogP) is 16.7. The number of alkyl halides is 3. The van der Waals surface area contributed by atoms with E-state index in [9.17, 15) is 13.2 Å². The van der Waals surface area contributed by atoms with Crippen LogP contribution >= 0.6 is 0 Å². The highest BCUT2D eigenvalue weighted by molar-refractivity contribution is 6.10. The third-order valence-electron chi connectivity index (χ3n) is 14.3. The number of fused-ring (bicyclic) bond motifs is 6. The van der Waals surface area contributed by atoms with Crippen LogP contribution in [0, 0.1) is 58.9 Å². The summed E-state index contributed by atoms with van der Waals surface area (Å²) in [6.07, 6.45) is -5.78. The van der Waals surface area contributed by atoms with Crippen LogP contribution in [-0.2, 0) is 17.0 Å². The molecular formula is C59H42F11N5. The monoisotopic (exact) mass is 1030 g/mol. The maximum Gasteiger partial charge on any atom is 0.422 e. The van der Waals surface area contributed by atoms with Gasteiger partial charge in [0.2, 0.25) is 0 Å². The first-order chi connectivity index (χ1) is 35.5. The van der Waals surface area contributed by atoms with Gasteiger partial charge < -0.3 is 15.1 Å². The molecule has 0 unspecified atom stereocenters. The van der Waals surface area contributed by atoms with E-state index in [1.54, 1.807) is 30.3 Å². The van der Waals surface area contributed by atoms with Crippen LogP contribution in [0.2, 0.25) is 0 Å². The van der Waals surface area contributed by atoms with E-state index >= 15 is 35.1 Å². The molecule has 0 aliphatic heterocycles. The standard InChI is InChI=1S/C59H42F11N5/c1-29-45(60)49(64)53(50(65)46(29)61)74(34-23-25-38-36-11-7-9-13-40(36)57(2,3)42(38)27-34)32-19-15-30(16-20-32)55(71)73-56(72-6)31-17-21-33(22-18-31)75(54-51(66)47(62)44(59(68,69)70)48(63)52(54)67)35-24-26-39-37-12-8-10-14-41(37)58(4,5)43(39)28-35/h7-28H,1-6H3,(H2,71,72,73). The van der Waals surface area contributed by atoms with Gasteiger partial charge in [0.05, 0.1) is 0 Å². The van der Waals surface area contributed by atoms with Crippen LogP contribution in [0.3, 0.4) is 0 Å². The van der Waals surface area contributed by atoms with Gasteiger partial charge in [-0.15, -0.1) is 0 Å². The third kappa shape index (κ3) is 7.91. The van der Waals surface area contributed by atoms with Crippen LogP contribution in [0.5, 0.6) is 0 Å². The normalized spacial score (nSPS) is 14.0. The van der Waals surface area contributed by atoms with Crippen molar-refractivity contribution in [2.45, 2.75) is 51.6 Å². The Bertz CT molecular complexity index is 3650. The number of halogens is 11. The number of rotatable bonds is 8. The zero-order valence-electron chi connectivity index (χ0n) is 40.7. The van der Waals surface area contributed by atoms with Gasteiger partial charge >= 0.3 is 6.18 Å². The van der Waals surface area contributed by atoms with E-state index in [0.717, 1.165) is 55.7 Å². The molecule has 2 N–H and O–H groups in total. The second-order valence-electron chi connectivity index (χ2n) is 19.3. The van der Waals surface area contributed by atoms with Crippen molar-refractivity contribution in [3.63, 3.8) is 0 Å². The quantitative estimate of drug-likeness (QED) is 0.0690. The van der Waals surface area contributed by atoms with E-state index in [0.29, 0.717) is 5.56 Å². The molecule has 0 bridgehead atoms. The molecule has 16 heteroatoms. The summed E-state index contributed by atoms with van der Waals surface area (Å²) >= 11 is 0. The molecule has 0 amide bonds. The summed E-state index contributed by atoms with van der Waals surface area (Å²) in [5.74, 6) is -16.5. The number of anilines is 6. The molecule has 0 saturated heterocycles. The lowest BCUT2D eigenvalue weighted by atomic mass is 9.82. The second kappa shape index (κ2) is 18.0. The Morgan fingerprint density at radius 1 is 0.467 bits per heavy atom. The fourth-order valence-electron chi connectivity index (χ4n) is 10.4. The van der Waals surface area contributed by atoms with Gasteiger partial charge in [-0.1, -0.05) is 88.4 Å². The molecule has 0 fully saturated rings. The first-order valence-electron chi connectivity index (χ1n) is 23.4. The Balaban J connectivity index is 1.02. The molecule has 5 nitrogen and oxygen atoms in total. The second-order valence-corrected chi connectivity index (χ2v) is 19.3. The van der Waals surface area contributed by atoms with Crippen molar-refractivity contribution in [3.8, 4) is 22.3 Å². The molecule has 0 spiro atoms.